The zero-order chi connectivity index (χ0) is 20.6. The molecule has 1 N–H and O–H groups in total. The number of nitrogens with zero attached hydrogens (tertiary/aromatic N) is 3. The number of aryl methyl sites for hydroxylation is 2. The standard InChI is InChI=1S/C21H20N4O3S/c1-14-23-21(13-25(14)2)29(26,27)24-16-8-9-18(20(10-16)28-3)19-12-22-11-15-6-4-5-7-17(15)19/h4-13,24H,1-3H3. The molecule has 0 atom stereocenters. The number of imidazole rings is 1. The van der Waals surface area contributed by atoms with Crippen LogP contribution in [0, 0.1) is 6.92 Å². The first-order valence-electron chi connectivity index (χ1n) is 8.93. The highest BCUT2D eigenvalue weighted by molar-refractivity contribution is 7.92. The fourth-order valence-electron chi connectivity index (χ4n) is 3.17. The number of sulfonamides is 1. The molecule has 0 saturated heterocycles. The summed E-state index contributed by atoms with van der Waals surface area (Å²) in [4.78, 5) is 8.41. The summed E-state index contributed by atoms with van der Waals surface area (Å²) in [6.07, 6.45) is 5.06. The summed E-state index contributed by atoms with van der Waals surface area (Å²) in [6.45, 7) is 1.75. The van der Waals surface area contributed by atoms with E-state index in [1.54, 1.807) is 44.0 Å². The number of rotatable bonds is 5. The molecule has 0 radical (unpaired) electrons. The molecule has 4 aromatic rings. The highest BCUT2D eigenvalue weighted by Gasteiger charge is 2.20. The van der Waals surface area contributed by atoms with Gasteiger partial charge in [0, 0.05) is 48.2 Å². The maximum Gasteiger partial charge on any atom is 0.280 e. The Hall–Kier alpha value is -3.39. The number of nitrogens with one attached hydrogen (secondary N) is 1. The number of aromatic nitrogens is 3. The van der Waals surface area contributed by atoms with Gasteiger partial charge in [-0.05, 0) is 24.4 Å². The van der Waals surface area contributed by atoms with Crippen molar-refractivity contribution in [3.63, 3.8) is 0 Å². The minimum atomic E-state index is -3.80. The number of benzene rings is 2. The van der Waals surface area contributed by atoms with Crippen molar-refractivity contribution in [3.8, 4) is 16.9 Å². The van der Waals surface area contributed by atoms with Crippen molar-refractivity contribution in [2.24, 2.45) is 7.05 Å². The lowest BCUT2D eigenvalue weighted by atomic mass is 10.00. The summed E-state index contributed by atoms with van der Waals surface area (Å²) in [5.41, 5.74) is 2.13. The van der Waals surface area contributed by atoms with Crippen molar-refractivity contribution in [1.29, 1.82) is 0 Å². The van der Waals surface area contributed by atoms with Crippen molar-refractivity contribution in [2.75, 3.05) is 11.8 Å². The van der Waals surface area contributed by atoms with Crippen molar-refractivity contribution in [2.45, 2.75) is 11.9 Å². The molecule has 148 valence electrons. The molecule has 29 heavy (non-hydrogen) atoms. The summed E-state index contributed by atoms with van der Waals surface area (Å²) in [5, 5.41) is 2.03. The van der Waals surface area contributed by atoms with E-state index in [1.165, 1.54) is 6.20 Å². The molecular formula is C21H20N4O3S. The number of pyridine rings is 1. The van der Waals surface area contributed by atoms with Crippen LogP contribution in [-0.4, -0.2) is 30.1 Å². The third kappa shape index (κ3) is 3.54. The fraction of sp³-hybridized carbons (Fsp3) is 0.143. The summed E-state index contributed by atoms with van der Waals surface area (Å²) < 4.78 is 35.1. The predicted octanol–water partition coefficient (Wildman–Crippen LogP) is 3.75. The lowest BCUT2D eigenvalue weighted by molar-refractivity contribution is 0.416. The Balaban J connectivity index is 1.74. The molecule has 0 fully saturated rings. The van der Waals surface area contributed by atoms with E-state index < -0.39 is 10.0 Å². The number of ether oxygens (including phenoxy) is 1. The Bertz CT molecular complexity index is 1290. The lowest BCUT2D eigenvalue weighted by Crippen LogP contribution is -2.13. The van der Waals surface area contributed by atoms with E-state index in [0.29, 0.717) is 17.3 Å². The highest BCUT2D eigenvalue weighted by atomic mass is 32.2. The highest BCUT2D eigenvalue weighted by Crippen LogP contribution is 2.36. The quantitative estimate of drug-likeness (QED) is 0.543. The smallest absolute Gasteiger partial charge is 0.280 e. The fourth-order valence-corrected chi connectivity index (χ4v) is 4.26. The molecule has 0 bridgehead atoms. The average Bonchev–Trinajstić information content (AvgIpc) is 3.07. The van der Waals surface area contributed by atoms with Gasteiger partial charge in [0.1, 0.15) is 11.6 Å². The van der Waals surface area contributed by atoms with E-state index in [9.17, 15) is 8.42 Å². The van der Waals surface area contributed by atoms with Crippen LogP contribution in [-0.2, 0) is 17.1 Å². The van der Waals surface area contributed by atoms with Crippen LogP contribution in [0.25, 0.3) is 21.9 Å². The van der Waals surface area contributed by atoms with E-state index in [0.717, 1.165) is 21.9 Å². The van der Waals surface area contributed by atoms with Gasteiger partial charge >= 0.3 is 0 Å². The molecule has 4 rings (SSSR count). The molecule has 0 aliphatic heterocycles. The topological polar surface area (TPSA) is 86.1 Å². The number of methoxy groups -OCH3 is 1. The van der Waals surface area contributed by atoms with Gasteiger partial charge < -0.3 is 9.30 Å². The van der Waals surface area contributed by atoms with E-state index in [1.807, 2.05) is 36.5 Å². The van der Waals surface area contributed by atoms with Gasteiger partial charge in [-0.15, -0.1) is 0 Å². The van der Waals surface area contributed by atoms with Crippen molar-refractivity contribution in [1.82, 2.24) is 14.5 Å². The molecule has 2 aromatic heterocycles. The van der Waals surface area contributed by atoms with Crippen LogP contribution in [0.4, 0.5) is 5.69 Å². The van der Waals surface area contributed by atoms with E-state index in [-0.39, 0.29) is 5.03 Å². The lowest BCUT2D eigenvalue weighted by Gasteiger charge is -2.13. The summed E-state index contributed by atoms with van der Waals surface area (Å²) in [6, 6.07) is 13.1. The second-order valence-electron chi connectivity index (χ2n) is 6.67. The zero-order valence-corrected chi connectivity index (χ0v) is 17.1. The minimum Gasteiger partial charge on any atom is -0.496 e. The van der Waals surface area contributed by atoms with Gasteiger partial charge in [0.25, 0.3) is 10.0 Å². The zero-order valence-electron chi connectivity index (χ0n) is 16.2. The van der Waals surface area contributed by atoms with Crippen molar-refractivity contribution < 1.29 is 13.2 Å². The van der Waals surface area contributed by atoms with Crippen LogP contribution >= 0.6 is 0 Å². The number of hydrogen-bond acceptors (Lipinski definition) is 5. The number of anilines is 1. The first-order chi connectivity index (χ1) is 13.9. The summed E-state index contributed by atoms with van der Waals surface area (Å²) >= 11 is 0. The third-order valence-electron chi connectivity index (χ3n) is 4.77. The van der Waals surface area contributed by atoms with Gasteiger partial charge in [0.2, 0.25) is 0 Å². The van der Waals surface area contributed by atoms with Gasteiger partial charge in [-0.25, -0.2) is 4.98 Å². The SMILES string of the molecule is COc1cc(NS(=O)(=O)c2cn(C)c(C)n2)ccc1-c1cncc2ccccc12. The van der Waals surface area contributed by atoms with Gasteiger partial charge in [-0.1, -0.05) is 24.3 Å². The Morgan fingerprint density at radius 3 is 2.59 bits per heavy atom. The molecule has 0 aliphatic rings. The van der Waals surface area contributed by atoms with Gasteiger partial charge in [0.05, 0.1) is 12.8 Å². The Labute approximate surface area is 169 Å². The molecule has 2 heterocycles. The van der Waals surface area contributed by atoms with Gasteiger partial charge in [0.15, 0.2) is 5.03 Å². The van der Waals surface area contributed by atoms with Crippen LogP contribution in [0.5, 0.6) is 5.75 Å². The predicted molar refractivity (Wildman–Crippen MR) is 112 cm³/mol. The van der Waals surface area contributed by atoms with E-state index >= 15 is 0 Å². The van der Waals surface area contributed by atoms with Crippen molar-refractivity contribution in [3.05, 3.63) is 66.9 Å². The monoisotopic (exact) mass is 408 g/mol. The number of fused-ring (bicyclic) bond motifs is 1. The molecule has 8 heteroatoms. The molecular weight excluding hydrogens is 388 g/mol. The van der Waals surface area contributed by atoms with Crippen LogP contribution in [0.15, 0.2) is 66.1 Å². The maximum absolute atomic E-state index is 12.7. The number of hydrogen-bond donors (Lipinski definition) is 1. The summed E-state index contributed by atoms with van der Waals surface area (Å²) in [7, 11) is -0.501. The van der Waals surface area contributed by atoms with Crippen LogP contribution in [0.1, 0.15) is 5.82 Å². The minimum absolute atomic E-state index is 0.0289. The van der Waals surface area contributed by atoms with Crippen LogP contribution < -0.4 is 9.46 Å². The normalized spacial score (nSPS) is 11.6. The largest absolute Gasteiger partial charge is 0.496 e. The third-order valence-corrected chi connectivity index (χ3v) is 6.03. The van der Waals surface area contributed by atoms with Gasteiger partial charge in [-0.3, -0.25) is 9.71 Å². The average molecular weight is 408 g/mol. The molecule has 7 nitrogen and oxygen atoms in total. The summed E-state index contributed by atoms with van der Waals surface area (Å²) in [5.74, 6) is 1.15. The Morgan fingerprint density at radius 2 is 1.86 bits per heavy atom. The first kappa shape index (κ1) is 18.9. The Kier molecular flexibility index (Phi) is 4.71. The maximum atomic E-state index is 12.7. The first-order valence-corrected chi connectivity index (χ1v) is 10.4. The van der Waals surface area contributed by atoms with Crippen LogP contribution in [0.2, 0.25) is 0 Å². The van der Waals surface area contributed by atoms with Gasteiger partial charge in [-0.2, -0.15) is 8.42 Å². The van der Waals surface area contributed by atoms with E-state index in [4.69, 9.17) is 4.74 Å². The molecule has 2 aromatic carbocycles. The molecule has 0 amide bonds. The van der Waals surface area contributed by atoms with Crippen molar-refractivity contribution >= 4 is 26.5 Å². The molecule has 0 aliphatic carbocycles. The second kappa shape index (κ2) is 7.21. The molecule has 0 unspecified atom stereocenters. The molecule has 0 spiro atoms. The Morgan fingerprint density at radius 1 is 1.07 bits per heavy atom. The van der Waals surface area contributed by atoms with E-state index in [2.05, 4.69) is 14.7 Å². The van der Waals surface area contributed by atoms with Crippen LogP contribution in [0.3, 0.4) is 0 Å². The molecule has 0 saturated carbocycles. The second-order valence-corrected chi connectivity index (χ2v) is 8.30.